The van der Waals surface area contributed by atoms with Gasteiger partial charge in [-0.25, -0.2) is 4.79 Å². The van der Waals surface area contributed by atoms with Crippen LogP contribution >= 0.6 is 11.6 Å². The van der Waals surface area contributed by atoms with Crippen molar-refractivity contribution in [1.29, 1.82) is 0 Å². The molecule has 0 amide bonds. The van der Waals surface area contributed by atoms with E-state index in [-0.39, 0.29) is 23.8 Å². The second-order valence-electron chi connectivity index (χ2n) is 2.60. The summed E-state index contributed by atoms with van der Waals surface area (Å²) in [4.78, 5) is 11.3. The summed E-state index contributed by atoms with van der Waals surface area (Å²) in [6.07, 6.45) is 0. The molecule has 4 nitrogen and oxygen atoms in total. The van der Waals surface area contributed by atoms with Crippen LogP contribution in [0, 0.1) is 0 Å². The number of benzene rings is 1. The summed E-state index contributed by atoms with van der Waals surface area (Å²) in [6.45, 7) is 0.115. The van der Waals surface area contributed by atoms with Gasteiger partial charge in [0.05, 0.1) is 5.88 Å². The molecule has 1 rings (SSSR count). The summed E-state index contributed by atoms with van der Waals surface area (Å²) >= 11 is 5.34. The molecule has 0 unspecified atom stereocenters. The highest BCUT2D eigenvalue weighted by atomic mass is 35.5. The van der Waals surface area contributed by atoms with Gasteiger partial charge in [-0.15, -0.1) is 11.6 Å². The van der Waals surface area contributed by atoms with Crippen LogP contribution in [0.5, 0.6) is 5.75 Å². The number of hydrogen-bond acceptors (Lipinski definition) is 4. The number of aromatic hydroxyl groups is 1. The Morgan fingerprint density at radius 1 is 1.57 bits per heavy atom. The number of rotatable bonds is 3. The lowest BCUT2D eigenvalue weighted by molar-refractivity contribution is 0.0526. The van der Waals surface area contributed by atoms with E-state index < -0.39 is 5.97 Å². The number of anilines is 1. The van der Waals surface area contributed by atoms with Crippen molar-refractivity contribution in [3.63, 3.8) is 0 Å². The minimum absolute atomic E-state index is 0.0873. The molecule has 0 saturated heterocycles. The molecular weight excluding hydrogens is 206 g/mol. The third kappa shape index (κ3) is 2.53. The highest BCUT2D eigenvalue weighted by molar-refractivity contribution is 6.18. The second kappa shape index (κ2) is 4.72. The Balaban J connectivity index is 2.80. The third-order valence-corrected chi connectivity index (χ3v) is 1.71. The molecule has 0 aliphatic carbocycles. The predicted molar refractivity (Wildman–Crippen MR) is 53.5 cm³/mol. The summed E-state index contributed by atoms with van der Waals surface area (Å²) in [5, 5.41) is 9.35. The monoisotopic (exact) mass is 215 g/mol. The molecular formula is C9H10ClNO3. The number of phenolic OH excluding ortho intramolecular Hbond substituents is 1. The molecule has 0 aromatic heterocycles. The van der Waals surface area contributed by atoms with E-state index in [1.807, 2.05) is 0 Å². The molecule has 0 fully saturated rings. The van der Waals surface area contributed by atoms with Crippen LogP contribution in [0.15, 0.2) is 18.2 Å². The normalized spacial score (nSPS) is 9.79. The number of carbonyl (C=O) groups is 1. The van der Waals surface area contributed by atoms with Gasteiger partial charge in [0, 0.05) is 11.8 Å². The average Bonchev–Trinajstić information content (AvgIpc) is 2.14. The Kier molecular flexibility index (Phi) is 3.59. The minimum Gasteiger partial charge on any atom is -0.507 e. The topological polar surface area (TPSA) is 72.6 Å². The van der Waals surface area contributed by atoms with Gasteiger partial charge in [0.2, 0.25) is 0 Å². The van der Waals surface area contributed by atoms with Crippen molar-refractivity contribution in [2.75, 3.05) is 18.2 Å². The number of carbonyl (C=O) groups excluding carboxylic acids is 1. The molecule has 0 aliphatic rings. The van der Waals surface area contributed by atoms with Crippen molar-refractivity contribution in [2.24, 2.45) is 0 Å². The van der Waals surface area contributed by atoms with Gasteiger partial charge in [0.25, 0.3) is 0 Å². The highest BCUT2D eigenvalue weighted by Crippen LogP contribution is 2.20. The Hall–Kier alpha value is -1.42. The first kappa shape index (κ1) is 10.7. The van der Waals surface area contributed by atoms with E-state index in [2.05, 4.69) is 0 Å². The molecule has 5 heteroatoms. The maximum atomic E-state index is 11.3. The Morgan fingerprint density at radius 2 is 2.29 bits per heavy atom. The number of hydrogen-bond donors (Lipinski definition) is 2. The van der Waals surface area contributed by atoms with Crippen molar-refractivity contribution < 1.29 is 14.6 Å². The first-order valence-electron chi connectivity index (χ1n) is 3.96. The smallest absolute Gasteiger partial charge is 0.341 e. The number of nitrogens with two attached hydrogens (primary N) is 1. The van der Waals surface area contributed by atoms with E-state index in [0.717, 1.165) is 0 Å². The van der Waals surface area contributed by atoms with Gasteiger partial charge in [0.1, 0.15) is 17.9 Å². The molecule has 0 atom stereocenters. The molecule has 0 aliphatic heterocycles. The van der Waals surface area contributed by atoms with E-state index in [1.54, 1.807) is 0 Å². The number of halogens is 1. The number of nitrogen functional groups attached to an aromatic ring is 1. The van der Waals surface area contributed by atoms with Crippen LogP contribution in [0.1, 0.15) is 10.4 Å². The van der Waals surface area contributed by atoms with Crippen LogP contribution < -0.4 is 5.73 Å². The van der Waals surface area contributed by atoms with Gasteiger partial charge in [-0.3, -0.25) is 0 Å². The molecule has 0 spiro atoms. The van der Waals surface area contributed by atoms with Gasteiger partial charge in [-0.05, 0) is 12.1 Å². The molecule has 1 aromatic carbocycles. The summed E-state index contributed by atoms with van der Waals surface area (Å²) in [5.74, 6) is -0.575. The largest absolute Gasteiger partial charge is 0.507 e. The van der Waals surface area contributed by atoms with Crippen LogP contribution in [0.3, 0.4) is 0 Å². The fourth-order valence-electron chi connectivity index (χ4n) is 0.930. The second-order valence-corrected chi connectivity index (χ2v) is 2.98. The zero-order valence-corrected chi connectivity index (χ0v) is 8.12. The number of alkyl halides is 1. The standard InChI is InChI=1S/C9H10ClNO3/c10-3-4-14-9(13)7-2-1-6(11)5-8(7)12/h1-2,5,12H,3-4,11H2. The molecule has 0 heterocycles. The Bertz CT molecular complexity index is 341. The molecule has 0 radical (unpaired) electrons. The van der Waals surface area contributed by atoms with Crippen molar-refractivity contribution in [2.45, 2.75) is 0 Å². The van der Waals surface area contributed by atoms with Crippen LogP contribution in [0.25, 0.3) is 0 Å². The zero-order chi connectivity index (χ0) is 10.6. The van der Waals surface area contributed by atoms with E-state index in [9.17, 15) is 9.90 Å². The van der Waals surface area contributed by atoms with Crippen LogP contribution in [-0.4, -0.2) is 23.6 Å². The summed E-state index contributed by atoms with van der Waals surface area (Å²) < 4.78 is 4.73. The quantitative estimate of drug-likeness (QED) is 0.454. The lowest BCUT2D eigenvalue weighted by atomic mass is 10.2. The molecule has 3 N–H and O–H groups in total. The van der Waals surface area contributed by atoms with Crippen LogP contribution in [0.4, 0.5) is 5.69 Å². The molecule has 76 valence electrons. The van der Waals surface area contributed by atoms with E-state index >= 15 is 0 Å². The Labute approximate surface area is 86.2 Å². The zero-order valence-electron chi connectivity index (χ0n) is 7.37. The van der Waals surface area contributed by atoms with Crippen molar-refractivity contribution >= 4 is 23.3 Å². The minimum atomic E-state index is -0.608. The van der Waals surface area contributed by atoms with Crippen molar-refractivity contribution in [3.05, 3.63) is 23.8 Å². The maximum absolute atomic E-state index is 11.3. The highest BCUT2D eigenvalue weighted by Gasteiger charge is 2.11. The van der Waals surface area contributed by atoms with Crippen LogP contribution in [-0.2, 0) is 4.74 Å². The van der Waals surface area contributed by atoms with Crippen LogP contribution in [0.2, 0.25) is 0 Å². The molecule has 0 bridgehead atoms. The first-order valence-corrected chi connectivity index (χ1v) is 4.50. The number of ether oxygens (including phenoxy) is 1. The van der Waals surface area contributed by atoms with Crippen molar-refractivity contribution in [1.82, 2.24) is 0 Å². The summed E-state index contributed by atoms with van der Waals surface area (Å²) in [5.41, 5.74) is 5.87. The summed E-state index contributed by atoms with van der Waals surface area (Å²) in [7, 11) is 0. The molecule has 1 aromatic rings. The van der Waals surface area contributed by atoms with E-state index in [0.29, 0.717) is 5.69 Å². The van der Waals surface area contributed by atoms with E-state index in [1.165, 1.54) is 18.2 Å². The summed E-state index contributed by atoms with van der Waals surface area (Å²) in [6, 6.07) is 4.20. The average molecular weight is 216 g/mol. The number of esters is 1. The fourth-order valence-corrected chi connectivity index (χ4v) is 1.01. The maximum Gasteiger partial charge on any atom is 0.341 e. The van der Waals surface area contributed by atoms with Gasteiger partial charge < -0.3 is 15.6 Å². The predicted octanol–water partition coefficient (Wildman–Crippen LogP) is 1.37. The Morgan fingerprint density at radius 3 is 2.86 bits per heavy atom. The van der Waals surface area contributed by atoms with E-state index in [4.69, 9.17) is 22.1 Å². The fraction of sp³-hybridized carbons (Fsp3) is 0.222. The lowest BCUT2D eigenvalue weighted by Crippen LogP contribution is -2.07. The van der Waals surface area contributed by atoms with Gasteiger partial charge in [-0.2, -0.15) is 0 Å². The first-order chi connectivity index (χ1) is 6.65. The van der Waals surface area contributed by atoms with Crippen molar-refractivity contribution in [3.8, 4) is 5.75 Å². The van der Waals surface area contributed by atoms with Gasteiger partial charge >= 0.3 is 5.97 Å². The van der Waals surface area contributed by atoms with Gasteiger partial charge in [-0.1, -0.05) is 0 Å². The molecule has 0 saturated carbocycles. The third-order valence-electron chi connectivity index (χ3n) is 1.55. The number of phenols is 1. The SMILES string of the molecule is Nc1ccc(C(=O)OCCCl)c(O)c1. The van der Waals surface area contributed by atoms with Gasteiger partial charge in [0.15, 0.2) is 0 Å². The lowest BCUT2D eigenvalue weighted by Gasteiger charge is -2.04. The molecule has 14 heavy (non-hydrogen) atoms.